The molecule has 0 fully saturated rings. The van der Waals surface area contributed by atoms with Crippen LogP contribution >= 0.6 is 0 Å². The monoisotopic (exact) mass is 265 g/mol. The van der Waals surface area contributed by atoms with E-state index >= 15 is 0 Å². The number of aromatic nitrogens is 4. The van der Waals surface area contributed by atoms with E-state index in [1.54, 1.807) is 21.8 Å². The number of hydrogen-bond donors (Lipinski definition) is 0. The van der Waals surface area contributed by atoms with E-state index < -0.39 is 0 Å². The van der Waals surface area contributed by atoms with Crippen LogP contribution in [0.15, 0.2) is 53.7 Å². The first kappa shape index (κ1) is 12.3. The molecule has 0 spiro atoms. The Morgan fingerprint density at radius 1 is 1.35 bits per heavy atom. The molecule has 1 aromatic carbocycles. The highest BCUT2D eigenvalue weighted by Crippen LogP contribution is 2.06. The summed E-state index contributed by atoms with van der Waals surface area (Å²) in [5, 5.41) is 8.49. The molecule has 5 nitrogen and oxygen atoms in total. The molecule has 0 aliphatic rings. The Kier molecular flexibility index (Phi) is 3.16. The van der Waals surface area contributed by atoms with Gasteiger partial charge in [0.2, 0.25) is 5.43 Å². The quantitative estimate of drug-likeness (QED) is 0.718. The SMILES string of the molecule is Cn1cc(-n2ccc(=O)c(Cc3c[c]ccc3)n2)cn1. The van der Waals surface area contributed by atoms with Gasteiger partial charge < -0.3 is 0 Å². The Bertz CT molecular complexity index is 774. The third-order valence-electron chi connectivity index (χ3n) is 2.98. The molecular formula is C15H13N4O. The summed E-state index contributed by atoms with van der Waals surface area (Å²) in [6.07, 6.45) is 5.70. The van der Waals surface area contributed by atoms with Gasteiger partial charge in [0.05, 0.1) is 12.4 Å². The van der Waals surface area contributed by atoms with Crippen molar-refractivity contribution in [3.63, 3.8) is 0 Å². The molecule has 1 radical (unpaired) electrons. The molecule has 2 heterocycles. The van der Waals surface area contributed by atoms with Crippen molar-refractivity contribution in [2.24, 2.45) is 7.05 Å². The van der Waals surface area contributed by atoms with Crippen molar-refractivity contribution in [3.8, 4) is 5.69 Å². The van der Waals surface area contributed by atoms with Crippen molar-refractivity contribution >= 4 is 0 Å². The normalized spacial score (nSPS) is 10.7. The third-order valence-corrected chi connectivity index (χ3v) is 2.98. The van der Waals surface area contributed by atoms with E-state index in [2.05, 4.69) is 16.3 Å². The van der Waals surface area contributed by atoms with Crippen LogP contribution in [0.1, 0.15) is 11.3 Å². The number of aryl methyl sites for hydroxylation is 1. The van der Waals surface area contributed by atoms with E-state index in [9.17, 15) is 4.79 Å². The molecule has 3 rings (SSSR count). The Morgan fingerprint density at radius 3 is 2.95 bits per heavy atom. The van der Waals surface area contributed by atoms with Crippen LogP contribution in [0.3, 0.4) is 0 Å². The molecule has 0 unspecified atom stereocenters. The second-order valence-electron chi connectivity index (χ2n) is 4.53. The third kappa shape index (κ3) is 2.51. The smallest absolute Gasteiger partial charge is 0.203 e. The van der Waals surface area contributed by atoms with Crippen LogP contribution in [0, 0.1) is 6.07 Å². The van der Waals surface area contributed by atoms with Crippen molar-refractivity contribution < 1.29 is 0 Å². The van der Waals surface area contributed by atoms with Gasteiger partial charge in [-0.1, -0.05) is 24.3 Å². The summed E-state index contributed by atoms with van der Waals surface area (Å²) < 4.78 is 3.36. The van der Waals surface area contributed by atoms with Crippen molar-refractivity contribution in [1.82, 2.24) is 19.6 Å². The van der Waals surface area contributed by atoms with Gasteiger partial charge in [0, 0.05) is 25.7 Å². The summed E-state index contributed by atoms with van der Waals surface area (Å²) in [4.78, 5) is 11.9. The summed E-state index contributed by atoms with van der Waals surface area (Å²) >= 11 is 0. The maximum Gasteiger partial charge on any atom is 0.203 e. The predicted octanol–water partition coefficient (Wildman–Crippen LogP) is 1.36. The zero-order chi connectivity index (χ0) is 13.9. The Labute approximate surface area is 116 Å². The molecule has 0 bridgehead atoms. The molecule has 0 saturated heterocycles. The molecule has 5 heteroatoms. The van der Waals surface area contributed by atoms with Gasteiger partial charge in [-0.25, -0.2) is 4.68 Å². The largest absolute Gasteiger partial charge is 0.288 e. The van der Waals surface area contributed by atoms with Gasteiger partial charge in [-0.3, -0.25) is 9.48 Å². The molecule has 99 valence electrons. The zero-order valence-electron chi connectivity index (χ0n) is 11.0. The highest BCUT2D eigenvalue weighted by Gasteiger charge is 2.06. The fourth-order valence-corrected chi connectivity index (χ4v) is 1.97. The van der Waals surface area contributed by atoms with Gasteiger partial charge in [-0.15, -0.1) is 0 Å². The number of benzene rings is 1. The minimum atomic E-state index is -0.0611. The summed E-state index contributed by atoms with van der Waals surface area (Å²) in [6, 6.07) is 12.1. The molecule has 0 aliphatic carbocycles. The highest BCUT2D eigenvalue weighted by molar-refractivity contribution is 5.25. The van der Waals surface area contributed by atoms with Gasteiger partial charge in [0.25, 0.3) is 0 Å². The van der Waals surface area contributed by atoms with Gasteiger partial charge in [-0.05, 0) is 11.6 Å². The number of hydrogen-bond acceptors (Lipinski definition) is 3. The fraction of sp³-hybridized carbons (Fsp3) is 0.133. The van der Waals surface area contributed by atoms with Crippen LogP contribution in [-0.4, -0.2) is 19.6 Å². The lowest BCUT2D eigenvalue weighted by Crippen LogP contribution is -2.16. The van der Waals surface area contributed by atoms with Crippen molar-refractivity contribution in [1.29, 1.82) is 0 Å². The predicted molar refractivity (Wildman–Crippen MR) is 74.7 cm³/mol. The van der Waals surface area contributed by atoms with E-state index in [1.165, 1.54) is 6.07 Å². The van der Waals surface area contributed by atoms with E-state index in [-0.39, 0.29) is 5.43 Å². The maximum atomic E-state index is 11.9. The molecule has 0 atom stereocenters. The average Bonchev–Trinajstić information content (AvgIpc) is 2.89. The lowest BCUT2D eigenvalue weighted by Gasteiger charge is -2.05. The van der Waals surface area contributed by atoms with Crippen molar-refractivity contribution in [3.05, 3.63) is 76.5 Å². The zero-order valence-corrected chi connectivity index (χ0v) is 11.0. The summed E-state index contributed by atoms with van der Waals surface area (Å²) in [6.45, 7) is 0. The molecule has 0 amide bonds. The van der Waals surface area contributed by atoms with E-state index in [0.717, 1.165) is 11.3 Å². The number of nitrogens with zero attached hydrogens (tertiary/aromatic N) is 4. The highest BCUT2D eigenvalue weighted by atomic mass is 16.1. The number of rotatable bonds is 3. The first-order valence-electron chi connectivity index (χ1n) is 6.25. The summed E-state index contributed by atoms with van der Waals surface area (Å²) in [5.41, 5.74) is 2.29. The molecule has 3 aromatic rings. The lowest BCUT2D eigenvalue weighted by atomic mass is 10.1. The van der Waals surface area contributed by atoms with Crippen LogP contribution in [0.4, 0.5) is 0 Å². The minimum Gasteiger partial charge on any atom is -0.288 e. The Hall–Kier alpha value is -2.69. The van der Waals surface area contributed by atoms with Crippen molar-refractivity contribution in [2.45, 2.75) is 6.42 Å². The van der Waals surface area contributed by atoms with E-state index in [1.807, 2.05) is 37.5 Å². The van der Waals surface area contributed by atoms with Crippen LogP contribution in [0.5, 0.6) is 0 Å². The molecule has 20 heavy (non-hydrogen) atoms. The molecule has 0 saturated carbocycles. The molecule has 0 N–H and O–H groups in total. The molecule has 0 aliphatic heterocycles. The summed E-state index contributed by atoms with van der Waals surface area (Å²) in [5.74, 6) is 0. The van der Waals surface area contributed by atoms with Crippen molar-refractivity contribution in [2.75, 3.05) is 0 Å². The Balaban J connectivity index is 1.97. The van der Waals surface area contributed by atoms with Gasteiger partial charge in [0.15, 0.2) is 0 Å². The average molecular weight is 265 g/mol. The van der Waals surface area contributed by atoms with Gasteiger partial charge in [-0.2, -0.15) is 10.2 Å². The summed E-state index contributed by atoms with van der Waals surface area (Å²) in [7, 11) is 1.84. The minimum absolute atomic E-state index is 0.0611. The van der Waals surface area contributed by atoms with Crippen LogP contribution in [0.25, 0.3) is 5.69 Å². The Morgan fingerprint density at radius 2 is 2.25 bits per heavy atom. The molecule has 2 aromatic heterocycles. The fourth-order valence-electron chi connectivity index (χ4n) is 1.97. The van der Waals surface area contributed by atoms with Crippen LogP contribution in [0.2, 0.25) is 0 Å². The second kappa shape index (κ2) is 5.13. The van der Waals surface area contributed by atoms with Gasteiger partial charge in [0.1, 0.15) is 11.4 Å². The topological polar surface area (TPSA) is 52.7 Å². The van der Waals surface area contributed by atoms with Crippen LogP contribution in [-0.2, 0) is 13.5 Å². The molecular weight excluding hydrogens is 252 g/mol. The van der Waals surface area contributed by atoms with Gasteiger partial charge >= 0.3 is 0 Å². The van der Waals surface area contributed by atoms with Crippen LogP contribution < -0.4 is 5.43 Å². The first-order chi connectivity index (χ1) is 9.72. The maximum absolute atomic E-state index is 11.9. The standard InChI is InChI=1S/C15H13N4O/c1-18-11-13(10-16-18)19-8-7-15(20)14(17-19)9-12-5-3-2-4-6-12/h2-3,5-8,10-11H,9H2,1H3. The second-order valence-corrected chi connectivity index (χ2v) is 4.53. The first-order valence-corrected chi connectivity index (χ1v) is 6.25. The lowest BCUT2D eigenvalue weighted by molar-refractivity contribution is 0.762. The van der Waals surface area contributed by atoms with E-state index in [4.69, 9.17) is 0 Å². The van der Waals surface area contributed by atoms with E-state index in [0.29, 0.717) is 12.1 Å².